The normalized spacial score (nSPS) is 13.8. The maximum Gasteiger partial charge on any atom is 0.243 e. The third-order valence-corrected chi connectivity index (χ3v) is 6.14. The average Bonchev–Trinajstić information content (AvgIpc) is 3.51. The molecule has 0 aromatic heterocycles. The second-order valence-corrected chi connectivity index (χ2v) is 8.06. The Morgan fingerprint density at radius 2 is 1.89 bits per heavy atom. The van der Waals surface area contributed by atoms with E-state index in [9.17, 15) is 13.2 Å². The summed E-state index contributed by atoms with van der Waals surface area (Å²) in [4.78, 5) is 12.6. The molecule has 0 radical (unpaired) electrons. The number of anilines is 1. The summed E-state index contributed by atoms with van der Waals surface area (Å²) in [5.41, 5.74) is 0.859. The van der Waals surface area contributed by atoms with Gasteiger partial charge in [0.1, 0.15) is 5.75 Å². The number of hydrogen-bond acceptors (Lipinski definition) is 5. The fourth-order valence-corrected chi connectivity index (χ4v) is 4.33. The van der Waals surface area contributed by atoms with Crippen LogP contribution < -0.4 is 10.1 Å². The number of methoxy groups -OCH3 is 1. The first-order chi connectivity index (χ1) is 13.0. The van der Waals surface area contributed by atoms with Gasteiger partial charge < -0.3 is 10.1 Å². The van der Waals surface area contributed by atoms with Crippen LogP contribution in [-0.4, -0.2) is 38.3 Å². The second-order valence-electron chi connectivity index (χ2n) is 6.17. The van der Waals surface area contributed by atoms with Gasteiger partial charge in [-0.1, -0.05) is 12.1 Å². The van der Waals surface area contributed by atoms with Crippen LogP contribution in [0.25, 0.3) is 0 Å². The molecule has 1 N–H and O–H groups in total. The number of rotatable bonds is 7. The van der Waals surface area contributed by atoms with Crippen LogP contribution in [0.5, 0.6) is 5.75 Å². The summed E-state index contributed by atoms with van der Waals surface area (Å²) in [6.45, 7) is -0.287. The smallest absolute Gasteiger partial charge is 0.243 e. The third kappa shape index (κ3) is 4.27. The van der Waals surface area contributed by atoms with Crippen LogP contribution in [0.1, 0.15) is 18.4 Å². The highest BCUT2D eigenvalue weighted by Gasteiger charge is 2.39. The summed E-state index contributed by atoms with van der Waals surface area (Å²) in [5.74, 6) is 0.0578. The zero-order valence-corrected chi connectivity index (χ0v) is 15.6. The Morgan fingerprint density at radius 3 is 2.48 bits per heavy atom. The van der Waals surface area contributed by atoms with E-state index in [1.807, 2.05) is 6.07 Å². The minimum absolute atomic E-state index is 0.0680. The Kier molecular flexibility index (Phi) is 5.44. The molecule has 2 aromatic rings. The average molecular weight is 385 g/mol. The third-order valence-electron chi connectivity index (χ3n) is 4.22. The van der Waals surface area contributed by atoms with Crippen LogP contribution in [-0.2, 0) is 14.8 Å². The zero-order valence-electron chi connectivity index (χ0n) is 14.8. The van der Waals surface area contributed by atoms with Gasteiger partial charge in [-0.2, -0.15) is 9.57 Å². The van der Waals surface area contributed by atoms with Crippen molar-refractivity contribution < 1.29 is 17.9 Å². The quantitative estimate of drug-likeness (QED) is 0.789. The van der Waals surface area contributed by atoms with Gasteiger partial charge in [-0.15, -0.1) is 0 Å². The lowest BCUT2D eigenvalue weighted by molar-refractivity contribution is -0.116. The summed E-state index contributed by atoms with van der Waals surface area (Å²) in [6.07, 6.45) is 1.44. The van der Waals surface area contributed by atoms with Crippen LogP contribution in [0.15, 0.2) is 53.4 Å². The molecular formula is C19H19N3O4S. The standard InChI is InChI=1S/C19H19N3O4S/c1-26-18-5-3-2-4-17(18)21-19(23)13-22(15-8-9-15)27(24,25)16-10-6-14(12-20)7-11-16/h2-7,10-11,15H,8-9,13H2,1H3,(H,21,23). The van der Waals surface area contributed by atoms with Crippen LogP contribution >= 0.6 is 0 Å². The monoisotopic (exact) mass is 385 g/mol. The lowest BCUT2D eigenvalue weighted by Crippen LogP contribution is -2.39. The van der Waals surface area contributed by atoms with Crippen LogP contribution in [0.4, 0.5) is 5.69 Å². The number of benzene rings is 2. The van der Waals surface area contributed by atoms with Crippen LogP contribution in [0.2, 0.25) is 0 Å². The molecular weight excluding hydrogens is 366 g/mol. The summed E-state index contributed by atoms with van der Waals surface area (Å²) in [5, 5.41) is 11.6. The molecule has 27 heavy (non-hydrogen) atoms. The molecule has 140 valence electrons. The maximum absolute atomic E-state index is 13.0. The Labute approximate surface area is 158 Å². The Morgan fingerprint density at radius 1 is 1.22 bits per heavy atom. The number of carbonyl (C=O) groups excluding carboxylic acids is 1. The number of nitriles is 1. The maximum atomic E-state index is 13.0. The molecule has 2 aromatic carbocycles. The minimum Gasteiger partial charge on any atom is -0.495 e. The molecule has 8 heteroatoms. The molecule has 1 aliphatic rings. The van der Waals surface area contributed by atoms with Crippen molar-refractivity contribution >= 4 is 21.6 Å². The number of amides is 1. The topological polar surface area (TPSA) is 99.5 Å². The van der Waals surface area contributed by atoms with Crippen molar-refractivity contribution in [2.24, 2.45) is 0 Å². The van der Waals surface area contributed by atoms with E-state index in [0.717, 1.165) is 12.8 Å². The number of nitrogens with one attached hydrogen (secondary N) is 1. The molecule has 0 aliphatic heterocycles. The van der Waals surface area contributed by atoms with Crippen molar-refractivity contribution in [2.75, 3.05) is 19.0 Å². The number of nitrogens with zero attached hydrogens (tertiary/aromatic N) is 2. The van der Waals surface area contributed by atoms with Crippen molar-refractivity contribution in [3.8, 4) is 11.8 Å². The van der Waals surface area contributed by atoms with Crippen molar-refractivity contribution in [2.45, 2.75) is 23.8 Å². The van der Waals surface area contributed by atoms with Crippen molar-refractivity contribution in [3.05, 3.63) is 54.1 Å². The molecule has 7 nitrogen and oxygen atoms in total. The Balaban J connectivity index is 1.79. The predicted octanol–water partition coefficient (Wildman–Crippen LogP) is 2.36. The number of hydrogen-bond donors (Lipinski definition) is 1. The molecule has 3 rings (SSSR count). The first-order valence-corrected chi connectivity index (χ1v) is 9.84. The molecule has 1 amide bonds. The Bertz CT molecular complexity index is 977. The van der Waals surface area contributed by atoms with Gasteiger partial charge in [0, 0.05) is 6.04 Å². The van der Waals surface area contributed by atoms with Gasteiger partial charge in [-0.3, -0.25) is 4.79 Å². The SMILES string of the molecule is COc1ccccc1NC(=O)CN(C1CC1)S(=O)(=O)c1ccc(C#N)cc1. The van der Waals surface area contributed by atoms with Crippen molar-refractivity contribution in [1.29, 1.82) is 5.26 Å². The lowest BCUT2D eigenvalue weighted by atomic mass is 10.2. The molecule has 1 fully saturated rings. The van der Waals surface area contributed by atoms with E-state index in [-0.39, 0.29) is 17.5 Å². The van der Waals surface area contributed by atoms with Gasteiger partial charge in [0.05, 0.1) is 35.9 Å². The number of para-hydroxylation sites is 2. The predicted molar refractivity (Wildman–Crippen MR) is 99.7 cm³/mol. The first kappa shape index (κ1) is 18.9. The number of ether oxygens (including phenoxy) is 1. The summed E-state index contributed by atoms with van der Waals surface area (Å²) in [7, 11) is -2.34. The summed E-state index contributed by atoms with van der Waals surface area (Å²) in [6, 6.07) is 14.4. The van der Waals surface area contributed by atoms with E-state index in [0.29, 0.717) is 17.0 Å². The highest BCUT2D eigenvalue weighted by atomic mass is 32.2. The molecule has 0 heterocycles. The van der Waals surface area contributed by atoms with Crippen LogP contribution in [0, 0.1) is 11.3 Å². The van der Waals surface area contributed by atoms with Crippen LogP contribution in [0.3, 0.4) is 0 Å². The lowest BCUT2D eigenvalue weighted by Gasteiger charge is -2.21. The molecule has 0 saturated heterocycles. The molecule has 0 bridgehead atoms. The van der Waals surface area contributed by atoms with Gasteiger partial charge in [0.15, 0.2) is 0 Å². The summed E-state index contributed by atoms with van der Waals surface area (Å²) < 4.78 is 32.3. The zero-order chi connectivity index (χ0) is 19.4. The van der Waals surface area contributed by atoms with Gasteiger partial charge in [0.25, 0.3) is 0 Å². The van der Waals surface area contributed by atoms with Gasteiger partial charge in [-0.05, 0) is 49.2 Å². The second kappa shape index (κ2) is 7.78. The number of sulfonamides is 1. The Hall–Kier alpha value is -2.89. The van der Waals surface area contributed by atoms with E-state index in [1.54, 1.807) is 24.3 Å². The fraction of sp³-hybridized carbons (Fsp3) is 0.263. The molecule has 1 aliphatic carbocycles. The van der Waals surface area contributed by atoms with E-state index in [4.69, 9.17) is 10.00 Å². The highest BCUT2D eigenvalue weighted by molar-refractivity contribution is 7.89. The summed E-state index contributed by atoms with van der Waals surface area (Å²) >= 11 is 0. The van der Waals surface area contributed by atoms with E-state index in [2.05, 4.69) is 5.32 Å². The molecule has 0 atom stereocenters. The van der Waals surface area contributed by atoms with Crippen molar-refractivity contribution in [3.63, 3.8) is 0 Å². The molecule has 0 unspecified atom stereocenters. The molecule has 1 saturated carbocycles. The van der Waals surface area contributed by atoms with Crippen molar-refractivity contribution in [1.82, 2.24) is 4.31 Å². The fourth-order valence-electron chi connectivity index (χ4n) is 2.69. The number of carbonyl (C=O) groups is 1. The van der Waals surface area contributed by atoms with Gasteiger partial charge >= 0.3 is 0 Å². The first-order valence-electron chi connectivity index (χ1n) is 8.40. The molecule has 0 spiro atoms. The van der Waals surface area contributed by atoms with Gasteiger partial charge in [-0.25, -0.2) is 8.42 Å². The largest absolute Gasteiger partial charge is 0.495 e. The van der Waals surface area contributed by atoms with E-state index >= 15 is 0 Å². The van der Waals surface area contributed by atoms with E-state index in [1.165, 1.54) is 35.7 Å². The minimum atomic E-state index is -3.83. The van der Waals surface area contributed by atoms with Gasteiger partial charge in [0.2, 0.25) is 15.9 Å². The highest BCUT2D eigenvalue weighted by Crippen LogP contribution is 2.32. The van der Waals surface area contributed by atoms with E-state index < -0.39 is 15.9 Å².